The summed E-state index contributed by atoms with van der Waals surface area (Å²) in [6.45, 7) is 25.9. The van der Waals surface area contributed by atoms with E-state index in [0.717, 1.165) is 52.0 Å². The summed E-state index contributed by atoms with van der Waals surface area (Å²) in [6, 6.07) is 74.1. The molecular weight excluding hydrogens is 960 g/mol. The number of fused-ring (bicyclic) bond motifs is 9. The Morgan fingerprint density at radius 2 is 1.18 bits per heavy atom. The third kappa shape index (κ3) is 7.37. The topological polar surface area (TPSA) is 19.6 Å². The zero-order valence-corrected chi connectivity index (χ0v) is 48.0. The number of allylic oxidation sites excluding steroid dienone is 4. The number of rotatable bonds is 9. The number of furan rings is 1. The van der Waals surface area contributed by atoms with Crippen molar-refractivity contribution in [2.24, 2.45) is 5.41 Å². The number of benzene rings is 8. The summed E-state index contributed by atoms with van der Waals surface area (Å²) in [5.41, 5.74) is 18.6. The second-order valence-electron chi connectivity index (χ2n) is 25.2. The minimum atomic E-state index is -3.04. The van der Waals surface area contributed by atoms with Crippen LogP contribution in [0.5, 0.6) is 0 Å². The second-order valence-corrected chi connectivity index (χ2v) is 29.1. The van der Waals surface area contributed by atoms with E-state index < -0.39 is 8.07 Å². The largest absolute Gasteiger partial charge is 0.468 e. The highest BCUT2D eigenvalue weighted by molar-refractivity contribution is 7.20. The Balaban J connectivity index is 1.23. The molecule has 8 aromatic carbocycles. The average molecular weight is 1030 g/mol. The maximum Gasteiger partial charge on any atom is 0.297 e. The summed E-state index contributed by atoms with van der Waals surface area (Å²) in [5, 5.41) is 6.66. The van der Waals surface area contributed by atoms with Crippen molar-refractivity contribution in [3.63, 3.8) is 0 Å². The van der Waals surface area contributed by atoms with Crippen LogP contribution in [0.15, 0.2) is 229 Å². The molecule has 1 aromatic heterocycles. The van der Waals surface area contributed by atoms with E-state index in [1.165, 1.54) is 89.4 Å². The van der Waals surface area contributed by atoms with Gasteiger partial charge in [0.25, 0.3) is 6.71 Å². The lowest BCUT2D eigenvalue weighted by molar-refractivity contribution is 0.195. The molecule has 13 rings (SSSR count). The van der Waals surface area contributed by atoms with Crippen LogP contribution in [0, 0.1) is 5.41 Å². The first-order valence-electron chi connectivity index (χ1n) is 28.4. The van der Waals surface area contributed by atoms with E-state index in [2.05, 4.69) is 278 Å². The van der Waals surface area contributed by atoms with E-state index in [1.807, 2.05) is 0 Å². The lowest BCUT2D eigenvalue weighted by Crippen LogP contribution is -2.75. The molecule has 1 fully saturated rings. The molecule has 0 spiro atoms. The number of anilines is 4. The molecule has 1 saturated carbocycles. The lowest BCUT2D eigenvalue weighted by atomic mass is 9.35. The Bertz CT molecular complexity index is 3790. The Hall–Kier alpha value is -7.60. The second kappa shape index (κ2) is 18.2. The Morgan fingerprint density at radius 1 is 0.615 bits per heavy atom. The van der Waals surface area contributed by atoms with Gasteiger partial charge in [-0.15, -0.1) is 0 Å². The number of hydrogen-bond acceptors (Lipinski definition) is 3. The average Bonchev–Trinajstić information content (AvgIpc) is 3.52. The van der Waals surface area contributed by atoms with E-state index in [9.17, 15) is 0 Å². The summed E-state index contributed by atoms with van der Waals surface area (Å²) in [4.78, 5) is 5.45. The summed E-state index contributed by atoms with van der Waals surface area (Å²) >= 11 is 0. The molecule has 1 aliphatic carbocycles. The van der Waals surface area contributed by atoms with Crippen molar-refractivity contribution in [3.8, 4) is 11.1 Å². The Labute approximate surface area is 464 Å². The quantitative estimate of drug-likeness (QED) is 0.0816. The molecule has 9 aromatic rings. The third-order valence-corrected chi connectivity index (χ3v) is 23.7. The highest BCUT2D eigenvalue weighted by Gasteiger charge is 2.63. The van der Waals surface area contributed by atoms with Crippen LogP contribution in [0.3, 0.4) is 0 Å². The minimum Gasteiger partial charge on any atom is -0.468 e. The first-order chi connectivity index (χ1) is 37.6. The SMILES string of the molecule is C=C/C(=C(\C=C(/C)C(C)(C)C)c1ccccc1)N1c2cc(-c3ccccc3)cc3c2B(c2cc([Si](c4ccccc4)(c4ccccc4)c4ccccc4)cc4c2N3C2(C)CCCCC42C)c2oc3cc(C(C)(C)C)ccc3c21. The highest BCUT2D eigenvalue weighted by atomic mass is 28.3. The predicted octanol–water partition coefficient (Wildman–Crippen LogP) is 14.4. The van der Waals surface area contributed by atoms with E-state index in [-0.39, 0.29) is 28.5 Å². The van der Waals surface area contributed by atoms with Gasteiger partial charge in [-0.3, -0.25) is 0 Å². The van der Waals surface area contributed by atoms with E-state index in [0.29, 0.717) is 0 Å². The van der Waals surface area contributed by atoms with E-state index in [4.69, 9.17) is 11.0 Å². The number of nitrogens with zero attached hydrogens (tertiary/aromatic N) is 2. The van der Waals surface area contributed by atoms with E-state index in [1.54, 1.807) is 0 Å². The van der Waals surface area contributed by atoms with Crippen molar-refractivity contribution in [1.82, 2.24) is 0 Å². The fraction of sp³-hybridized carbons (Fsp3) is 0.233. The van der Waals surface area contributed by atoms with Gasteiger partial charge < -0.3 is 14.2 Å². The van der Waals surface area contributed by atoms with Crippen LogP contribution in [0.2, 0.25) is 0 Å². The molecule has 2 atom stereocenters. The molecule has 78 heavy (non-hydrogen) atoms. The Kier molecular flexibility index (Phi) is 11.7. The molecule has 0 radical (unpaired) electrons. The van der Waals surface area contributed by atoms with Gasteiger partial charge in [-0.05, 0) is 127 Å². The van der Waals surface area contributed by atoms with Crippen LogP contribution in [0.1, 0.15) is 105 Å². The molecule has 0 saturated heterocycles. The van der Waals surface area contributed by atoms with Gasteiger partial charge in [0, 0.05) is 33.4 Å². The summed E-state index contributed by atoms with van der Waals surface area (Å²) < 4.78 is 7.82. The molecule has 0 N–H and O–H groups in total. The van der Waals surface area contributed by atoms with Crippen LogP contribution < -0.4 is 47.1 Å². The normalized spacial score (nSPS) is 19.0. The molecule has 5 heteroatoms. The maximum absolute atomic E-state index is 7.82. The Morgan fingerprint density at radius 3 is 1.76 bits per heavy atom. The number of hydrogen-bond donors (Lipinski definition) is 0. The fourth-order valence-electron chi connectivity index (χ4n) is 14.3. The molecule has 3 aliphatic heterocycles. The maximum atomic E-state index is 7.82. The standard InChI is InChI=1S/C73H71BN2OSi/c1-11-62(59(43-49(2)70(3,4)5)51-31-19-13-20-32-51)75-63-44-52(50-29-17-12-18-30-50)45-64-66(63)74(69-67(75)58-40-39-53(71(6,7)8)46-65(58)77-69)61-48-57(47-60-68(61)76(64)73(10)42-28-27-41-72(60,73)9)78(54-33-21-14-22-34-54,55-35-23-15-24-36-55)56-37-25-16-26-38-56/h11-26,29-40,43-48H,1,27-28,41-42H2,2-10H3/b49-43+,62-59-. The highest BCUT2D eigenvalue weighted by Crippen LogP contribution is 2.62. The summed E-state index contributed by atoms with van der Waals surface area (Å²) in [6.07, 6.45) is 9.11. The first kappa shape index (κ1) is 49.9. The van der Waals surface area contributed by atoms with Gasteiger partial charge in [0.05, 0.1) is 22.6 Å². The van der Waals surface area contributed by atoms with Crippen molar-refractivity contribution in [2.75, 3.05) is 9.80 Å². The smallest absolute Gasteiger partial charge is 0.297 e. The van der Waals surface area contributed by atoms with Gasteiger partial charge in [-0.1, -0.05) is 249 Å². The van der Waals surface area contributed by atoms with Gasteiger partial charge >= 0.3 is 0 Å². The van der Waals surface area contributed by atoms with Crippen LogP contribution in [0.4, 0.5) is 22.7 Å². The molecule has 4 heterocycles. The third-order valence-electron chi connectivity index (χ3n) is 19.0. The molecular formula is C73H71BN2OSi. The zero-order chi connectivity index (χ0) is 53.9. The molecule has 2 unspecified atom stereocenters. The van der Waals surface area contributed by atoms with Crippen LogP contribution in [-0.4, -0.2) is 20.3 Å². The lowest BCUT2D eigenvalue weighted by Gasteiger charge is -2.52. The molecule has 386 valence electrons. The van der Waals surface area contributed by atoms with Crippen LogP contribution in [-0.2, 0) is 10.8 Å². The van der Waals surface area contributed by atoms with Crippen molar-refractivity contribution >= 4 is 91.4 Å². The molecule has 0 bridgehead atoms. The zero-order valence-electron chi connectivity index (χ0n) is 47.0. The molecule has 0 amide bonds. The van der Waals surface area contributed by atoms with Crippen molar-refractivity contribution in [2.45, 2.75) is 104 Å². The first-order valence-corrected chi connectivity index (χ1v) is 30.4. The van der Waals surface area contributed by atoms with Crippen molar-refractivity contribution in [3.05, 3.63) is 241 Å². The molecule has 3 nitrogen and oxygen atoms in total. The van der Waals surface area contributed by atoms with Gasteiger partial charge in [0.1, 0.15) is 5.58 Å². The van der Waals surface area contributed by atoms with Gasteiger partial charge in [-0.25, -0.2) is 0 Å². The molecule has 4 aliphatic rings. The van der Waals surface area contributed by atoms with E-state index >= 15 is 0 Å². The monoisotopic (exact) mass is 1030 g/mol. The van der Waals surface area contributed by atoms with Gasteiger partial charge in [0.2, 0.25) is 0 Å². The fourth-order valence-corrected chi connectivity index (χ4v) is 19.1. The predicted molar refractivity (Wildman–Crippen MR) is 337 cm³/mol. The van der Waals surface area contributed by atoms with Crippen LogP contribution >= 0.6 is 0 Å². The summed E-state index contributed by atoms with van der Waals surface area (Å²) in [7, 11) is -3.04. The van der Waals surface area contributed by atoms with Crippen molar-refractivity contribution in [1.29, 1.82) is 0 Å². The van der Waals surface area contributed by atoms with Crippen LogP contribution in [0.25, 0.3) is 27.7 Å². The van der Waals surface area contributed by atoms with Crippen molar-refractivity contribution < 1.29 is 4.42 Å². The minimum absolute atomic E-state index is 0.0721. The van der Waals surface area contributed by atoms with Gasteiger partial charge in [0.15, 0.2) is 8.07 Å². The van der Waals surface area contributed by atoms with Gasteiger partial charge in [-0.2, -0.15) is 0 Å². The summed E-state index contributed by atoms with van der Waals surface area (Å²) in [5.74, 6) is 0.